The molecule has 1 aliphatic heterocycles. The second-order valence-electron chi connectivity index (χ2n) is 4.87. The van der Waals surface area contributed by atoms with Crippen molar-refractivity contribution in [3.8, 4) is 11.1 Å². The second-order valence-corrected chi connectivity index (χ2v) is 4.87. The van der Waals surface area contributed by atoms with E-state index in [1.165, 1.54) is 4.90 Å². The number of benzene rings is 1. The van der Waals surface area contributed by atoms with E-state index in [2.05, 4.69) is 4.98 Å². The lowest BCUT2D eigenvalue weighted by Crippen LogP contribution is -2.32. The topological polar surface area (TPSA) is 68.5 Å². The zero-order valence-electron chi connectivity index (χ0n) is 11.4. The molecular weight excluding hydrogens is 254 g/mol. The number of aryl methyl sites for hydroxylation is 1. The summed E-state index contributed by atoms with van der Waals surface area (Å²) in [7, 11) is 1.68. The van der Waals surface area contributed by atoms with Gasteiger partial charge in [0.25, 0.3) is 0 Å². The molecule has 5 heteroatoms. The predicted molar refractivity (Wildman–Crippen MR) is 77.4 cm³/mol. The van der Waals surface area contributed by atoms with E-state index in [4.69, 9.17) is 10.5 Å². The molecule has 0 bridgehead atoms. The van der Waals surface area contributed by atoms with Gasteiger partial charge in [-0.2, -0.15) is 0 Å². The van der Waals surface area contributed by atoms with Crippen molar-refractivity contribution in [2.24, 2.45) is 0 Å². The number of nitrogens with two attached hydrogens (primary N) is 1. The van der Waals surface area contributed by atoms with E-state index >= 15 is 0 Å². The summed E-state index contributed by atoms with van der Waals surface area (Å²) in [4.78, 5) is 17.2. The molecule has 1 aliphatic rings. The van der Waals surface area contributed by atoms with E-state index in [1.54, 1.807) is 13.2 Å². The number of cyclic esters (lactones) is 1. The first kappa shape index (κ1) is 12.5. The third-order valence-electron chi connectivity index (χ3n) is 3.44. The first-order chi connectivity index (χ1) is 9.56. The Labute approximate surface area is 117 Å². The number of rotatable bonds is 1. The third kappa shape index (κ3) is 1.97. The highest BCUT2D eigenvalue weighted by Crippen LogP contribution is 2.35. The van der Waals surface area contributed by atoms with Gasteiger partial charge in [-0.25, -0.2) is 4.79 Å². The van der Waals surface area contributed by atoms with Gasteiger partial charge in [0.2, 0.25) is 0 Å². The number of nitrogen functional groups attached to an aromatic ring is 1. The fourth-order valence-electron chi connectivity index (χ4n) is 2.37. The maximum atomic E-state index is 11.5. The molecule has 0 aliphatic carbocycles. The molecule has 5 nitrogen and oxygen atoms in total. The Morgan fingerprint density at radius 3 is 2.90 bits per heavy atom. The Morgan fingerprint density at radius 2 is 2.15 bits per heavy atom. The summed E-state index contributed by atoms with van der Waals surface area (Å²) < 4.78 is 5.10. The maximum absolute atomic E-state index is 11.5. The van der Waals surface area contributed by atoms with Crippen molar-refractivity contribution in [1.29, 1.82) is 0 Å². The van der Waals surface area contributed by atoms with Gasteiger partial charge in [0.1, 0.15) is 6.61 Å². The molecule has 2 heterocycles. The van der Waals surface area contributed by atoms with Gasteiger partial charge in [-0.15, -0.1) is 0 Å². The van der Waals surface area contributed by atoms with Crippen LogP contribution in [-0.2, 0) is 11.3 Å². The molecule has 0 saturated carbocycles. The van der Waals surface area contributed by atoms with E-state index in [0.29, 0.717) is 5.69 Å². The zero-order valence-corrected chi connectivity index (χ0v) is 11.4. The number of hydrogen-bond donors (Lipinski definition) is 1. The van der Waals surface area contributed by atoms with Crippen molar-refractivity contribution in [2.75, 3.05) is 17.7 Å². The summed E-state index contributed by atoms with van der Waals surface area (Å²) in [5.41, 5.74) is 11.4. The zero-order chi connectivity index (χ0) is 14.3. The van der Waals surface area contributed by atoms with Gasteiger partial charge < -0.3 is 10.5 Å². The van der Waals surface area contributed by atoms with Crippen LogP contribution in [0.5, 0.6) is 0 Å². The van der Waals surface area contributed by atoms with E-state index in [-0.39, 0.29) is 12.7 Å². The van der Waals surface area contributed by atoms with Crippen LogP contribution >= 0.6 is 0 Å². The summed E-state index contributed by atoms with van der Waals surface area (Å²) >= 11 is 0. The molecule has 1 aromatic carbocycles. The molecule has 0 unspecified atom stereocenters. The van der Waals surface area contributed by atoms with Crippen LogP contribution in [0.25, 0.3) is 11.1 Å². The Morgan fingerprint density at radius 1 is 1.35 bits per heavy atom. The minimum Gasteiger partial charge on any atom is -0.444 e. The van der Waals surface area contributed by atoms with Crippen LogP contribution < -0.4 is 10.6 Å². The number of ether oxygens (including phenoxy) is 1. The molecule has 2 N–H and O–H groups in total. The van der Waals surface area contributed by atoms with Crippen molar-refractivity contribution in [2.45, 2.75) is 13.5 Å². The van der Waals surface area contributed by atoms with Crippen molar-refractivity contribution >= 4 is 17.5 Å². The minimum atomic E-state index is -0.357. The van der Waals surface area contributed by atoms with Gasteiger partial charge in [-0.1, -0.05) is 0 Å². The van der Waals surface area contributed by atoms with Crippen LogP contribution in [0.15, 0.2) is 30.5 Å². The fraction of sp³-hybridized carbons (Fsp3) is 0.200. The summed E-state index contributed by atoms with van der Waals surface area (Å²) in [6.07, 6.45) is 1.40. The highest BCUT2D eigenvalue weighted by molar-refractivity contribution is 5.93. The predicted octanol–water partition coefficient (Wildman–Crippen LogP) is 2.73. The Hall–Kier alpha value is -2.56. The number of anilines is 2. The molecule has 0 saturated heterocycles. The molecule has 1 aromatic heterocycles. The Bertz CT molecular complexity index is 698. The minimum absolute atomic E-state index is 0.274. The molecule has 102 valence electrons. The first-order valence-corrected chi connectivity index (χ1v) is 6.32. The number of pyridine rings is 1. The number of carbonyl (C=O) groups is 1. The molecule has 20 heavy (non-hydrogen) atoms. The lowest BCUT2D eigenvalue weighted by Gasteiger charge is -2.26. The molecule has 0 radical (unpaired) electrons. The molecule has 0 spiro atoms. The Kier molecular flexibility index (Phi) is 2.82. The fourth-order valence-corrected chi connectivity index (χ4v) is 2.37. The highest BCUT2D eigenvalue weighted by atomic mass is 16.6. The van der Waals surface area contributed by atoms with Crippen molar-refractivity contribution in [3.63, 3.8) is 0 Å². The van der Waals surface area contributed by atoms with Gasteiger partial charge in [0.15, 0.2) is 0 Å². The van der Waals surface area contributed by atoms with Gasteiger partial charge in [0, 0.05) is 35.8 Å². The summed E-state index contributed by atoms with van der Waals surface area (Å²) in [6, 6.07) is 7.70. The largest absolute Gasteiger partial charge is 0.444 e. The lowest BCUT2D eigenvalue weighted by molar-refractivity contribution is 0.143. The molecule has 2 aromatic rings. The van der Waals surface area contributed by atoms with Gasteiger partial charge >= 0.3 is 6.09 Å². The summed E-state index contributed by atoms with van der Waals surface area (Å²) in [5.74, 6) is 0. The number of aromatic nitrogens is 1. The van der Waals surface area contributed by atoms with E-state index in [9.17, 15) is 4.79 Å². The van der Waals surface area contributed by atoms with E-state index in [1.807, 2.05) is 31.2 Å². The number of nitrogens with zero attached hydrogens (tertiary/aromatic N) is 2. The number of fused-ring (bicyclic) bond motifs is 1. The summed E-state index contributed by atoms with van der Waals surface area (Å²) in [6.45, 7) is 2.21. The number of carbonyl (C=O) groups excluding carboxylic acids is 1. The summed E-state index contributed by atoms with van der Waals surface area (Å²) in [5, 5.41) is 0. The molecule has 0 atom stereocenters. The van der Waals surface area contributed by atoms with Crippen LogP contribution in [0.3, 0.4) is 0 Å². The van der Waals surface area contributed by atoms with Gasteiger partial charge in [-0.3, -0.25) is 9.88 Å². The van der Waals surface area contributed by atoms with Crippen molar-refractivity contribution in [3.05, 3.63) is 41.7 Å². The van der Waals surface area contributed by atoms with Crippen LogP contribution in [-0.4, -0.2) is 18.1 Å². The molecule has 1 amide bonds. The number of hydrogen-bond acceptors (Lipinski definition) is 4. The standard InChI is InChI=1S/C15H15N3O2/c1-9-5-10(3-4-17-9)12-6-11-8-20-15(19)18(2)14(11)7-13(12)16/h3-7H,8,16H2,1-2H3. The van der Waals surface area contributed by atoms with Crippen LogP contribution in [0, 0.1) is 6.92 Å². The van der Waals surface area contributed by atoms with E-state index in [0.717, 1.165) is 28.1 Å². The van der Waals surface area contributed by atoms with Crippen LogP contribution in [0.4, 0.5) is 16.2 Å². The Balaban J connectivity index is 2.13. The normalized spacial score (nSPS) is 13.9. The maximum Gasteiger partial charge on any atom is 0.414 e. The quantitative estimate of drug-likeness (QED) is 0.808. The smallest absolute Gasteiger partial charge is 0.414 e. The first-order valence-electron chi connectivity index (χ1n) is 6.32. The average molecular weight is 269 g/mol. The highest BCUT2D eigenvalue weighted by Gasteiger charge is 2.23. The van der Waals surface area contributed by atoms with Crippen molar-refractivity contribution in [1.82, 2.24) is 4.98 Å². The monoisotopic (exact) mass is 269 g/mol. The molecule has 0 fully saturated rings. The lowest BCUT2D eigenvalue weighted by atomic mass is 9.99. The molecule has 3 rings (SSSR count). The van der Waals surface area contributed by atoms with Crippen LogP contribution in [0.1, 0.15) is 11.3 Å². The SMILES string of the molecule is Cc1cc(-c2cc3c(cc2N)N(C)C(=O)OC3)ccn1. The second kappa shape index (κ2) is 4.52. The van der Waals surface area contributed by atoms with Gasteiger partial charge in [0.05, 0.1) is 5.69 Å². The van der Waals surface area contributed by atoms with Gasteiger partial charge in [-0.05, 0) is 36.8 Å². The van der Waals surface area contributed by atoms with E-state index < -0.39 is 0 Å². The van der Waals surface area contributed by atoms with Crippen molar-refractivity contribution < 1.29 is 9.53 Å². The molecular formula is C15H15N3O2. The average Bonchev–Trinajstić information content (AvgIpc) is 2.43. The number of amides is 1. The third-order valence-corrected chi connectivity index (χ3v) is 3.44. The van der Waals surface area contributed by atoms with Crippen LogP contribution in [0.2, 0.25) is 0 Å².